The predicted octanol–water partition coefficient (Wildman–Crippen LogP) is 4.16. The number of likely N-dealkylation sites (tertiary alicyclic amines) is 1. The van der Waals surface area contributed by atoms with E-state index >= 15 is 0 Å². The molecule has 0 bridgehead atoms. The normalized spacial score (nSPS) is 15.4. The summed E-state index contributed by atoms with van der Waals surface area (Å²) in [4.78, 5) is 15.3. The molecule has 3 aromatic rings. The Hall–Kier alpha value is -2.38. The third-order valence-electron chi connectivity index (χ3n) is 4.73. The molecule has 0 aliphatic carbocycles. The molecule has 6 nitrogen and oxygen atoms in total. The van der Waals surface area contributed by atoms with E-state index in [1.165, 1.54) is 18.2 Å². The third kappa shape index (κ3) is 4.20. The minimum atomic E-state index is -0.392. The van der Waals surface area contributed by atoms with E-state index in [4.69, 9.17) is 11.6 Å². The maximum absolute atomic E-state index is 13.3. The molecule has 1 saturated heterocycles. The summed E-state index contributed by atoms with van der Waals surface area (Å²) in [6.07, 6.45) is 3.29. The number of hydrogen-bond donors (Lipinski definition) is 0. The van der Waals surface area contributed by atoms with E-state index in [1.54, 1.807) is 16.8 Å². The van der Waals surface area contributed by atoms with Crippen molar-refractivity contribution in [1.29, 1.82) is 0 Å². The van der Waals surface area contributed by atoms with Crippen molar-refractivity contribution < 1.29 is 4.79 Å². The van der Waals surface area contributed by atoms with Crippen molar-refractivity contribution >= 4 is 29.3 Å². The van der Waals surface area contributed by atoms with Gasteiger partial charge in [-0.25, -0.2) is 0 Å². The highest BCUT2D eigenvalue weighted by Gasteiger charge is 2.30. The van der Waals surface area contributed by atoms with Gasteiger partial charge in [-0.05, 0) is 59.5 Å². The Bertz CT molecular complexity index is 925. The van der Waals surface area contributed by atoms with Crippen molar-refractivity contribution in [3.63, 3.8) is 0 Å². The minimum Gasteiger partial charge on any atom is -0.341 e. The molecule has 28 heavy (non-hydrogen) atoms. The van der Waals surface area contributed by atoms with Crippen LogP contribution in [0.1, 0.15) is 30.1 Å². The molecule has 1 fully saturated rings. The van der Waals surface area contributed by atoms with Crippen LogP contribution in [0.5, 0.6) is 0 Å². The second-order valence-corrected chi connectivity index (χ2v) is 8.15. The summed E-state index contributed by atoms with van der Waals surface area (Å²) in [6, 6.07) is 17.1. The van der Waals surface area contributed by atoms with E-state index in [2.05, 4.69) is 15.5 Å². The van der Waals surface area contributed by atoms with Crippen molar-refractivity contribution in [2.75, 3.05) is 13.1 Å². The average molecular weight is 414 g/mol. The van der Waals surface area contributed by atoms with Crippen molar-refractivity contribution in [2.24, 2.45) is 0 Å². The van der Waals surface area contributed by atoms with Crippen LogP contribution in [-0.2, 0) is 4.79 Å². The van der Waals surface area contributed by atoms with E-state index in [0.717, 1.165) is 37.2 Å². The van der Waals surface area contributed by atoms with Crippen LogP contribution in [0.2, 0.25) is 5.02 Å². The highest BCUT2D eigenvalue weighted by atomic mass is 35.5. The van der Waals surface area contributed by atoms with Crippen LogP contribution in [0.25, 0.3) is 5.69 Å². The molecule has 1 aliphatic rings. The smallest absolute Gasteiger partial charge is 0.240 e. The Morgan fingerprint density at radius 1 is 1.00 bits per heavy atom. The van der Waals surface area contributed by atoms with Crippen molar-refractivity contribution in [3.8, 4) is 5.69 Å². The Kier molecular flexibility index (Phi) is 5.92. The Labute approximate surface area is 172 Å². The number of carbonyl (C=O) groups excluding carboxylic acids is 1. The lowest BCUT2D eigenvalue weighted by molar-refractivity contribution is -0.131. The van der Waals surface area contributed by atoms with Gasteiger partial charge in [0.25, 0.3) is 0 Å². The number of amides is 1. The maximum Gasteiger partial charge on any atom is 0.240 e. The van der Waals surface area contributed by atoms with E-state index < -0.39 is 5.25 Å². The van der Waals surface area contributed by atoms with Gasteiger partial charge in [-0.2, -0.15) is 4.68 Å². The van der Waals surface area contributed by atoms with Gasteiger partial charge in [0.05, 0.1) is 5.69 Å². The number of benzene rings is 2. The number of carbonyl (C=O) groups is 1. The molecule has 0 spiro atoms. The third-order valence-corrected chi connectivity index (χ3v) is 6.16. The molecule has 1 aliphatic heterocycles. The van der Waals surface area contributed by atoms with Crippen LogP contribution >= 0.6 is 23.4 Å². The van der Waals surface area contributed by atoms with E-state index in [-0.39, 0.29) is 5.91 Å². The molecule has 1 amide bonds. The monoisotopic (exact) mass is 413 g/mol. The highest BCUT2D eigenvalue weighted by molar-refractivity contribution is 8.00. The van der Waals surface area contributed by atoms with Gasteiger partial charge in [0.2, 0.25) is 11.1 Å². The SMILES string of the molecule is O=C(C(Sc1nnnn1-c1ccc(Cl)cc1)c1ccccc1)N1CCCCC1. The predicted molar refractivity (Wildman–Crippen MR) is 110 cm³/mol. The average Bonchev–Trinajstić information content (AvgIpc) is 3.21. The molecule has 1 atom stereocenters. The maximum atomic E-state index is 13.3. The summed E-state index contributed by atoms with van der Waals surface area (Å²) >= 11 is 7.37. The summed E-state index contributed by atoms with van der Waals surface area (Å²) in [5, 5.41) is 12.9. The van der Waals surface area contributed by atoms with Gasteiger partial charge in [0.15, 0.2) is 0 Å². The number of hydrogen-bond acceptors (Lipinski definition) is 5. The van der Waals surface area contributed by atoms with Gasteiger partial charge in [-0.1, -0.05) is 53.7 Å². The standard InChI is InChI=1S/C20H20ClN5OS/c21-16-9-11-17(12-10-16)26-20(22-23-24-26)28-18(15-7-3-1-4-8-15)19(27)25-13-5-2-6-14-25/h1,3-4,7-12,18H,2,5-6,13-14H2. The van der Waals surface area contributed by atoms with E-state index in [1.807, 2.05) is 47.4 Å². The highest BCUT2D eigenvalue weighted by Crippen LogP contribution is 2.36. The van der Waals surface area contributed by atoms with Crippen LogP contribution in [-0.4, -0.2) is 44.1 Å². The number of halogens is 1. The molecule has 2 aromatic carbocycles. The van der Waals surface area contributed by atoms with Crippen LogP contribution in [0.15, 0.2) is 59.8 Å². The summed E-state index contributed by atoms with van der Waals surface area (Å²) in [5.41, 5.74) is 1.75. The molecule has 8 heteroatoms. The second-order valence-electron chi connectivity index (χ2n) is 6.64. The molecule has 0 radical (unpaired) electrons. The van der Waals surface area contributed by atoms with Gasteiger partial charge in [0, 0.05) is 18.1 Å². The zero-order valence-corrected chi connectivity index (χ0v) is 16.8. The number of thioether (sulfide) groups is 1. The lowest BCUT2D eigenvalue weighted by Crippen LogP contribution is -2.38. The minimum absolute atomic E-state index is 0.113. The van der Waals surface area contributed by atoms with Crippen molar-refractivity contribution in [2.45, 2.75) is 29.7 Å². The molecule has 144 valence electrons. The molecular weight excluding hydrogens is 394 g/mol. The first kappa shape index (κ1) is 19.0. The summed E-state index contributed by atoms with van der Waals surface area (Å²) in [5.74, 6) is 0.113. The molecule has 2 heterocycles. The topological polar surface area (TPSA) is 63.9 Å². The van der Waals surface area contributed by atoms with Crippen LogP contribution in [0.3, 0.4) is 0 Å². The van der Waals surface area contributed by atoms with Gasteiger partial charge in [-0.15, -0.1) is 5.10 Å². The number of nitrogens with zero attached hydrogens (tertiary/aromatic N) is 5. The van der Waals surface area contributed by atoms with Gasteiger partial charge < -0.3 is 4.90 Å². The number of tetrazole rings is 1. The zero-order valence-electron chi connectivity index (χ0n) is 15.2. The summed E-state index contributed by atoms with van der Waals surface area (Å²) in [6.45, 7) is 1.62. The molecule has 0 saturated carbocycles. The summed E-state index contributed by atoms with van der Waals surface area (Å²) < 4.78 is 1.64. The number of rotatable bonds is 5. The van der Waals surface area contributed by atoms with Crippen LogP contribution in [0.4, 0.5) is 0 Å². The first-order valence-corrected chi connectivity index (χ1v) is 10.5. The quantitative estimate of drug-likeness (QED) is 0.587. The van der Waals surface area contributed by atoms with Crippen LogP contribution in [0, 0.1) is 0 Å². The second kappa shape index (κ2) is 8.75. The lowest BCUT2D eigenvalue weighted by atomic mass is 10.1. The molecular formula is C20H20ClN5OS. The first-order valence-electron chi connectivity index (χ1n) is 9.27. The van der Waals surface area contributed by atoms with Gasteiger partial charge >= 0.3 is 0 Å². The van der Waals surface area contributed by atoms with Gasteiger partial charge in [-0.3, -0.25) is 4.79 Å². The largest absolute Gasteiger partial charge is 0.341 e. The zero-order chi connectivity index (χ0) is 19.3. The van der Waals surface area contributed by atoms with Gasteiger partial charge in [0.1, 0.15) is 5.25 Å². The van der Waals surface area contributed by atoms with E-state index in [0.29, 0.717) is 10.2 Å². The lowest BCUT2D eigenvalue weighted by Gasteiger charge is -2.30. The Morgan fingerprint density at radius 3 is 2.43 bits per heavy atom. The van der Waals surface area contributed by atoms with Crippen molar-refractivity contribution in [3.05, 3.63) is 65.2 Å². The fourth-order valence-electron chi connectivity index (χ4n) is 3.27. The van der Waals surface area contributed by atoms with Crippen molar-refractivity contribution in [1.82, 2.24) is 25.1 Å². The molecule has 1 unspecified atom stereocenters. The Balaban J connectivity index is 1.64. The fraction of sp³-hybridized carbons (Fsp3) is 0.300. The number of aromatic nitrogens is 4. The summed E-state index contributed by atoms with van der Waals surface area (Å²) in [7, 11) is 0. The molecule has 0 N–H and O–H groups in total. The van der Waals surface area contributed by atoms with E-state index in [9.17, 15) is 4.79 Å². The first-order chi connectivity index (χ1) is 13.7. The fourth-order valence-corrected chi connectivity index (χ4v) is 4.48. The molecule has 1 aromatic heterocycles. The Morgan fingerprint density at radius 2 is 1.71 bits per heavy atom. The van der Waals surface area contributed by atoms with Crippen LogP contribution < -0.4 is 0 Å². The molecule has 4 rings (SSSR count). The number of piperidine rings is 1.